The highest BCUT2D eigenvalue weighted by Crippen LogP contribution is 2.28. The first kappa shape index (κ1) is 21.4. The first-order chi connectivity index (χ1) is 14.4. The number of phenols is 1. The number of nitrogens with zero attached hydrogens (tertiary/aromatic N) is 2. The van der Waals surface area contributed by atoms with E-state index in [9.17, 15) is 19.8 Å². The maximum absolute atomic E-state index is 12.4. The Morgan fingerprint density at radius 1 is 1.27 bits per heavy atom. The van der Waals surface area contributed by atoms with Crippen LogP contribution in [-0.2, 0) is 17.8 Å². The number of aromatic amines is 1. The largest absolute Gasteiger partial charge is 0.508 e. The maximum atomic E-state index is 12.4. The Morgan fingerprint density at radius 3 is 2.67 bits per heavy atom. The summed E-state index contributed by atoms with van der Waals surface area (Å²) in [7, 11) is 0. The van der Waals surface area contributed by atoms with Crippen LogP contribution in [0, 0.1) is 0 Å². The number of carboxylic acid groups (broad SMARTS) is 1. The second-order valence-electron chi connectivity index (χ2n) is 6.93. The van der Waals surface area contributed by atoms with E-state index in [-0.39, 0.29) is 34.5 Å². The van der Waals surface area contributed by atoms with Gasteiger partial charge in [0.15, 0.2) is 0 Å². The van der Waals surface area contributed by atoms with Gasteiger partial charge in [0.25, 0.3) is 0 Å². The molecule has 8 nitrogen and oxygen atoms in total. The Labute approximate surface area is 178 Å². The third-order valence-corrected chi connectivity index (χ3v) is 5.07. The highest BCUT2D eigenvalue weighted by atomic mass is 35.5. The molecule has 0 radical (unpaired) electrons. The highest BCUT2D eigenvalue weighted by Gasteiger charge is 2.21. The van der Waals surface area contributed by atoms with E-state index in [2.05, 4.69) is 15.5 Å². The van der Waals surface area contributed by atoms with Crippen molar-refractivity contribution in [2.24, 2.45) is 0 Å². The van der Waals surface area contributed by atoms with Crippen LogP contribution >= 0.6 is 11.6 Å². The Kier molecular flexibility index (Phi) is 6.79. The van der Waals surface area contributed by atoms with Crippen LogP contribution in [0.3, 0.4) is 0 Å². The van der Waals surface area contributed by atoms with Crippen LogP contribution in [-0.4, -0.2) is 36.9 Å². The van der Waals surface area contributed by atoms with Crippen molar-refractivity contribution in [1.82, 2.24) is 14.8 Å². The molecule has 3 aromatic rings. The van der Waals surface area contributed by atoms with Gasteiger partial charge in [-0.1, -0.05) is 24.9 Å². The number of hydrogen-bond donors (Lipinski definition) is 4. The molecule has 1 aromatic carbocycles. The van der Waals surface area contributed by atoms with Gasteiger partial charge in [0.2, 0.25) is 5.91 Å². The van der Waals surface area contributed by atoms with Gasteiger partial charge in [-0.3, -0.25) is 9.89 Å². The van der Waals surface area contributed by atoms with Crippen LogP contribution < -0.4 is 5.32 Å². The molecule has 1 amide bonds. The van der Waals surface area contributed by atoms with E-state index in [4.69, 9.17) is 11.6 Å². The fourth-order valence-electron chi connectivity index (χ4n) is 3.05. The molecule has 30 heavy (non-hydrogen) atoms. The topological polar surface area (TPSA) is 120 Å². The fraction of sp³-hybridized carbons (Fsp3) is 0.286. The molecule has 4 N–H and O–H groups in total. The molecular formula is C21H23ClN4O4. The van der Waals surface area contributed by atoms with Gasteiger partial charge in [0.05, 0.1) is 11.4 Å². The van der Waals surface area contributed by atoms with Crippen LogP contribution in [0.1, 0.15) is 42.2 Å². The summed E-state index contributed by atoms with van der Waals surface area (Å²) in [6.07, 6.45) is 3.91. The summed E-state index contributed by atoms with van der Waals surface area (Å²) < 4.78 is 1.64. The third kappa shape index (κ3) is 5.01. The summed E-state index contributed by atoms with van der Waals surface area (Å²) in [5.41, 5.74) is 2.41. The van der Waals surface area contributed by atoms with E-state index in [0.717, 1.165) is 24.1 Å². The SMILES string of the molecule is CCCCn1cc(NC(=O)CCc2cc(-c3ccc(O)cc3)n[nH]2)c(C(=O)O)c1Cl. The number of amides is 1. The second kappa shape index (κ2) is 9.49. The smallest absolute Gasteiger partial charge is 0.340 e. The average Bonchev–Trinajstić information content (AvgIpc) is 3.30. The molecule has 158 valence electrons. The predicted octanol–water partition coefficient (Wildman–Crippen LogP) is 4.31. The number of benzene rings is 1. The molecule has 9 heteroatoms. The number of rotatable bonds is 9. The van der Waals surface area contributed by atoms with Crippen LogP contribution in [0.25, 0.3) is 11.3 Å². The number of aromatic carboxylic acids is 1. The Balaban J connectivity index is 1.64. The van der Waals surface area contributed by atoms with E-state index in [1.54, 1.807) is 35.0 Å². The molecule has 0 aliphatic heterocycles. The minimum Gasteiger partial charge on any atom is -0.508 e. The van der Waals surface area contributed by atoms with Crippen LogP contribution in [0.15, 0.2) is 36.5 Å². The normalized spacial score (nSPS) is 10.9. The van der Waals surface area contributed by atoms with Gasteiger partial charge < -0.3 is 20.1 Å². The number of carboxylic acids is 1. The first-order valence-electron chi connectivity index (χ1n) is 9.64. The molecule has 0 aliphatic rings. The van der Waals surface area contributed by atoms with Crippen molar-refractivity contribution in [3.05, 3.63) is 52.9 Å². The summed E-state index contributed by atoms with van der Waals surface area (Å²) in [5, 5.41) is 28.7. The fourth-order valence-corrected chi connectivity index (χ4v) is 3.37. The lowest BCUT2D eigenvalue weighted by Gasteiger charge is -2.03. The molecule has 0 unspecified atom stereocenters. The third-order valence-electron chi connectivity index (χ3n) is 4.67. The lowest BCUT2D eigenvalue weighted by Crippen LogP contribution is -2.14. The van der Waals surface area contributed by atoms with Gasteiger partial charge in [-0.2, -0.15) is 5.10 Å². The van der Waals surface area contributed by atoms with Gasteiger partial charge in [-0.05, 0) is 43.2 Å². The van der Waals surface area contributed by atoms with E-state index < -0.39 is 5.97 Å². The van der Waals surface area contributed by atoms with E-state index in [1.165, 1.54) is 0 Å². The molecule has 0 atom stereocenters. The molecule has 0 saturated carbocycles. The number of aryl methyl sites for hydroxylation is 2. The summed E-state index contributed by atoms with van der Waals surface area (Å²) in [4.78, 5) is 24.0. The minimum absolute atomic E-state index is 0.0997. The number of aromatic hydroxyl groups is 1. The van der Waals surface area contributed by atoms with Crippen LogP contribution in [0.5, 0.6) is 5.75 Å². The van der Waals surface area contributed by atoms with Gasteiger partial charge in [-0.25, -0.2) is 4.79 Å². The number of nitrogens with one attached hydrogen (secondary N) is 2. The molecule has 0 spiro atoms. The summed E-state index contributed by atoms with van der Waals surface area (Å²) in [6.45, 7) is 2.61. The van der Waals surface area contributed by atoms with Crippen molar-refractivity contribution in [3.8, 4) is 17.0 Å². The molecular weight excluding hydrogens is 408 g/mol. The first-order valence-corrected chi connectivity index (χ1v) is 10.0. The van der Waals surface area contributed by atoms with Crippen molar-refractivity contribution >= 4 is 29.2 Å². The van der Waals surface area contributed by atoms with E-state index in [0.29, 0.717) is 18.7 Å². The summed E-state index contributed by atoms with van der Waals surface area (Å²) >= 11 is 6.19. The zero-order valence-electron chi connectivity index (χ0n) is 16.5. The molecule has 0 fully saturated rings. The molecule has 0 saturated heterocycles. The molecule has 0 aliphatic carbocycles. The number of halogens is 1. The number of hydrogen-bond acceptors (Lipinski definition) is 4. The van der Waals surface area contributed by atoms with Crippen molar-refractivity contribution in [2.75, 3.05) is 5.32 Å². The van der Waals surface area contributed by atoms with Crippen molar-refractivity contribution in [3.63, 3.8) is 0 Å². The number of carbonyl (C=O) groups excluding carboxylic acids is 1. The number of phenolic OH excluding ortho intramolecular Hbond substituents is 1. The van der Waals surface area contributed by atoms with Crippen molar-refractivity contribution in [2.45, 2.75) is 39.2 Å². The second-order valence-corrected chi connectivity index (χ2v) is 7.29. The van der Waals surface area contributed by atoms with Gasteiger partial charge in [0, 0.05) is 30.4 Å². The van der Waals surface area contributed by atoms with Gasteiger partial charge >= 0.3 is 5.97 Å². The van der Waals surface area contributed by atoms with Crippen molar-refractivity contribution in [1.29, 1.82) is 0 Å². The summed E-state index contributed by atoms with van der Waals surface area (Å²) in [5.74, 6) is -1.32. The lowest BCUT2D eigenvalue weighted by molar-refractivity contribution is -0.116. The zero-order chi connectivity index (χ0) is 21.7. The molecule has 2 aromatic heterocycles. The maximum Gasteiger partial charge on any atom is 0.340 e. The average molecular weight is 431 g/mol. The van der Waals surface area contributed by atoms with Crippen molar-refractivity contribution < 1.29 is 19.8 Å². The number of carbonyl (C=O) groups is 2. The van der Waals surface area contributed by atoms with Crippen LogP contribution in [0.2, 0.25) is 5.15 Å². The molecule has 0 bridgehead atoms. The predicted molar refractivity (Wildman–Crippen MR) is 114 cm³/mol. The van der Waals surface area contributed by atoms with E-state index >= 15 is 0 Å². The van der Waals surface area contributed by atoms with E-state index in [1.807, 2.05) is 13.0 Å². The molecule has 2 heterocycles. The summed E-state index contributed by atoms with van der Waals surface area (Å²) in [6, 6.07) is 8.50. The lowest BCUT2D eigenvalue weighted by atomic mass is 10.1. The van der Waals surface area contributed by atoms with Gasteiger partial charge in [0.1, 0.15) is 16.5 Å². The monoisotopic (exact) mass is 430 g/mol. The number of unbranched alkanes of at least 4 members (excludes halogenated alkanes) is 1. The van der Waals surface area contributed by atoms with Crippen LogP contribution in [0.4, 0.5) is 5.69 Å². The number of anilines is 1. The molecule has 3 rings (SSSR count). The van der Waals surface area contributed by atoms with Gasteiger partial charge in [-0.15, -0.1) is 0 Å². The standard InChI is InChI=1S/C21H23ClN4O4/c1-2-3-10-26-12-17(19(20(26)22)21(29)30)23-18(28)9-6-14-11-16(25-24-14)13-4-7-15(27)8-5-13/h4-5,7-8,11-12,27H,2-3,6,9-10H2,1H3,(H,23,28)(H,24,25)(H,29,30). The Morgan fingerprint density at radius 2 is 2.00 bits per heavy atom. The quantitative estimate of drug-likeness (QED) is 0.403. The number of aromatic nitrogens is 3. The zero-order valence-corrected chi connectivity index (χ0v) is 17.2. The Hall–Kier alpha value is -3.26. The highest BCUT2D eigenvalue weighted by molar-refractivity contribution is 6.33. The number of H-pyrrole nitrogens is 1. The minimum atomic E-state index is -1.18. The Bertz CT molecular complexity index is 1040.